The quantitative estimate of drug-likeness (QED) is 0.365. The Hall–Kier alpha value is -2.50. The van der Waals surface area contributed by atoms with E-state index >= 15 is 0 Å². The number of nitrogens with zero attached hydrogens (tertiary/aromatic N) is 1. The molecule has 0 amide bonds. The number of nitro groups is 1. The summed E-state index contributed by atoms with van der Waals surface area (Å²) in [5, 5.41) is 11.0. The van der Waals surface area contributed by atoms with Gasteiger partial charge in [-0.1, -0.05) is 6.92 Å². The molecule has 0 N–H and O–H groups in total. The van der Waals surface area contributed by atoms with E-state index in [9.17, 15) is 19.7 Å². The van der Waals surface area contributed by atoms with Gasteiger partial charge in [-0.15, -0.1) is 0 Å². The van der Waals surface area contributed by atoms with Crippen molar-refractivity contribution in [2.75, 3.05) is 0 Å². The summed E-state index contributed by atoms with van der Waals surface area (Å²) in [7, 11) is 0. The first-order valence-corrected chi connectivity index (χ1v) is 5.78. The van der Waals surface area contributed by atoms with Crippen molar-refractivity contribution in [2.24, 2.45) is 0 Å². The number of nitro benzene ring substituents is 1. The summed E-state index contributed by atoms with van der Waals surface area (Å²) in [6.07, 6.45) is 0.858. The van der Waals surface area contributed by atoms with Crippen LogP contribution in [0.5, 0.6) is 0 Å². The zero-order chi connectivity index (χ0) is 14.0. The lowest BCUT2D eigenvalue weighted by molar-refractivity contribution is -0.384. The summed E-state index contributed by atoms with van der Waals surface area (Å²) >= 11 is 0. The number of fused-ring (bicyclic) bond motifs is 1. The number of non-ortho nitro benzene ring substituents is 1. The lowest BCUT2D eigenvalue weighted by Crippen LogP contribution is -2.13. The van der Waals surface area contributed by atoms with E-state index in [2.05, 4.69) is 0 Å². The highest BCUT2D eigenvalue weighted by Gasteiger charge is 2.14. The number of rotatable bonds is 4. The van der Waals surface area contributed by atoms with E-state index < -0.39 is 10.5 Å². The van der Waals surface area contributed by atoms with Crippen LogP contribution in [0.15, 0.2) is 33.5 Å². The Labute approximate surface area is 107 Å². The molecule has 2 aromatic rings. The summed E-state index contributed by atoms with van der Waals surface area (Å²) in [5.74, 6) is -0.315. The Bertz CT molecular complexity index is 717. The Balaban J connectivity index is 2.61. The van der Waals surface area contributed by atoms with Crippen LogP contribution in [0.4, 0.5) is 5.69 Å². The zero-order valence-corrected chi connectivity index (χ0v) is 10.2. The maximum Gasteiger partial charge on any atom is 0.347 e. The van der Waals surface area contributed by atoms with E-state index in [1.54, 1.807) is 0 Å². The first kappa shape index (κ1) is 12.9. The maximum absolute atomic E-state index is 11.7. The first-order chi connectivity index (χ1) is 9.02. The van der Waals surface area contributed by atoms with Crippen LogP contribution in [0.25, 0.3) is 11.0 Å². The molecule has 0 aliphatic rings. The molecule has 1 heterocycles. The van der Waals surface area contributed by atoms with Crippen LogP contribution in [-0.2, 0) is 0 Å². The number of hydrogen-bond acceptors (Lipinski definition) is 5. The molecule has 0 bridgehead atoms. The summed E-state index contributed by atoms with van der Waals surface area (Å²) in [4.78, 5) is 33.5. The second kappa shape index (κ2) is 5.01. The maximum atomic E-state index is 11.7. The fourth-order valence-electron chi connectivity index (χ4n) is 1.78. The number of Topliss-reactive ketones (excluding diaryl/α,β-unsaturated/α-hetero) is 1. The third kappa shape index (κ3) is 2.52. The summed E-state index contributed by atoms with van der Waals surface area (Å²) in [6.45, 7) is 1.82. The van der Waals surface area contributed by atoms with Crippen molar-refractivity contribution in [1.82, 2.24) is 0 Å². The SMILES string of the molecule is CCCC(=O)c1cc2cc([N+](=O)[O-])ccc2oc1=O. The van der Waals surface area contributed by atoms with Gasteiger partial charge in [-0.25, -0.2) is 4.79 Å². The topological polar surface area (TPSA) is 90.4 Å². The third-order valence-electron chi connectivity index (χ3n) is 2.70. The summed E-state index contributed by atoms with van der Waals surface area (Å²) in [5.41, 5.74) is -0.659. The predicted octanol–water partition coefficient (Wildman–Crippen LogP) is 2.68. The van der Waals surface area contributed by atoms with E-state index in [-0.39, 0.29) is 29.0 Å². The van der Waals surface area contributed by atoms with Gasteiger partial charge < -0.3 is 4.42 Å². The molecule has 0 aliphatic heterocycles. The van der Waals surface area contributed by atoms with Gasteiger partial charge in [0, 0.05) is 23.9 Å². The van der Waals surface area contributed by atoms with Gasteiger partial charge in [-0.3, -0.25) is 14.9 Å². The van der Waals surface area contributed by atoms with E-state index in [4.69, 9.17) is 4.42 Å². The highest BCUT2D eigenvalue weighted by Crippen LogP contribution is 2.20. The molecule has 0 spiro atoms. The highest BCUT2D eigenvalue weighted by molar-refractivity contribution is 5.98. The standard InChI is InChI=1S/C13H11NO5/c1-2-3-11(15)10-7-8-6-9(14(17)18)4-5-12(8)19-13(10)16/h4-7H,2-3H2,1H3. The minimum absolute atomic E-state index is 0.0603. The Morgan fingerprint density at radius 1 is 1.37 bits per heavy atom. The predicted molar refractivity (Wildman–Crippen MR) is 68.4 cm³/mol. The molecule has 1 aromatic carbocycles. The second-order valence-corrected chi connectivity index (χ2v) is 4.10. The van der Waals surface area contributed by atoms with Gasteiger partial charge in [0.05, 0.1) is 4.92 Å². The van der Waals surface area contributed by atoms with Crippen LogP contribution in [0.1, 0.15) is 30.1 Å². The fourth-order valence-corrected chi connectivity index (χ4v) is 1.78. The van der Waals surface area contributed by atoms with Crippen LogP contribution in [-0.4, -0.2) is 10.7 Å². The molecule has 19 heavy (non-hydrogen) atoms. The second-order valence-electron chi connectivity index (χ2n) is 4.10. The van der Waals surface area contributed by atoms with E-state index in [0.717, 1.165) is 0 Å². The van der Waals surface area contributed by atoms with Crippen molar-refractivity contribution in [1.29, 1.82) is 0 Å². The van der Waals surface area contributed by atoms with Gasteiger partial charge in [0.25, 0.3) is 5.69 Å². The van der Waals surface area contributed by atoms with Crippen LogP contribution >= 0.6 is 0 Å². The average Bonchev–Trinajstić information content (AvgIpc) is 2.37. The molecule has 6 heteroatoms. The number of benzene rings is 1. The van der Waals surface area contributed by atoms with E-state index in [1.165, 1.54) is 24.3 Å². The van der Waals surface area contributed by atoms with Gasteiger partial charge in [0.15, 0.2) is 5.78 Å². The van der Waals surface area contributed by atoms with Crippen molar-refractivity contribution in [3.05, 3.63) is 50.4 Å². The molecule has 0 radical (unpaired) electrons. The van der Waals surface area contributed by atoms with Gasteiger partial charge in [0.1, 0.15) is 11.1 Å². The van der Waals surface area contributed by atoms with E-state index in [0.29, 0.717) is 11.8 Å². The smallest absolute Gasteiger partial charge is 0.347 e. The largest absolute Gasteiger partial charge is 0.422 e. The molecule has 0 aliphatic carbocycles. The normalized spacial score (nSPS) is 10.6. The van der Waals surface area contributed by atoms with E-state index in [1.807, 2.05) is 6.92 Å². The highest BCUT2D eigenvalue weighted by atomic mass is 16.6. The molecule has 0 unspecified atom stereocenters. The van der Waals surface area contributed by atoms with Crippen molar-refractivity contribution in [3.63, 3.8) is 0 Å². The molecule has 1 aromatic heterocycles. The minimum atomic E-state index is -0.709. The molecule has 0 atom stereocenters. The van der Waals surface area contributed by atoms with Crippen LogP contribution in [0.2, 0.25) is 0 Å². The van der Waals surface area contributed by atoms with Crippen LogP contribution < -0.4 is 5.63 Å². The zero-order valence-electron chi connectivity index (χ0n) is 10.2. The van der Waals surface area contributed by atoms with Crippen molar-refractivity contribution < 1.29 is 14.1 Å². The number of carbonyl (C=O) groups excluding carboxylic acids is 1. The molecule has 0 saturated heterocycles. The molecule has 0 fully saturated rings. The van der Waals surface area contributed by atoms with Crippen LogP contribution in [0, 0.1) is 10.1 Å². The molecule has 98 valence electrons. The van der Waals surface area contributed by atoms with Crippen molar-refractivity contribution in [3.8, 4) is 0 Å². The van der Waals surface area contributed by atoms with Gasteiger partial charge in [-0.2, -0.15) is 0 Å². The summed E-state index contributed by atoms with van der Waals surface area (Å²) < 4.78 is 5.00. The molecular formula is C13H11NO5. The molecule has 0 saturated carbocycles. The average molecular weight is 261 g/mol. The van der Waals surface area contributed by atoms with Gasteiger partial charge in [0.2, 0.25) is 0 Å². The fraction of sp³-hybridized carbons (Fsp3) is 0.231. The molecular weight excluding hydrogens is 250 g/mol. The molecule has 6 nitrogen and oxygen atoms in total. The van der Waals surface area contributed by atoms with Gasteiger partial charge in [-0.05, 0) is 18.6 Å². The van der Waals surface area contributed by atoms with Crippen molar-refractivity contribution >= 4 is 22.4 Å². The lowest BCUT2D eigenvalue weighted by Gasteiger charge is -2.01. The number of carbonyl (C=O) groups is 1. The Kier molecular flexibility index (Phi) is 3.41. The summed E-state index contributed by atoms with van der Waals surface area (Å²) in [6, 6.07) is 5.23. The molecule has 2 rings (SSSR count). The lowest BCUT2D eigenvalue weighted by atomic mass is 10.1. The van der Waals surface area contributed by atoms with Crippen molar-refractivity contribution in [2.45, 2.75) is 19.8 Å². The van der Waals surface area contributed by atoms with Crippen LogP contribution in [0.3, 0.4) is 0 Å². The number of hydrogen-bond donors (Lipinski definition) is 0. The minimum Gasteiger partial charge on any atom is -0.422 e. The Morgan fingerprint density at radius 3 is 2.74 bits per heavy atom. The Morgan fingerprint density at radius 2 is 2.11 bits per heavy atom. The third-order valence-corrected chi connectivity index (χ3v) is 2.70. The monoisotopic (exact) mass is 261 g/mol. The number of ketones is 1. The van der Waals surface area contributed by atoms with Gasteiger partial charge >= 0.3 is 5.63 Å². The first-order valence-electron chi connectivity index (χ1n) is 5.78.